The van der Waals surface area contributed by atoms with Crippen LogP contribution in [-0.4, -0.2) is 33.5 Å². The normalized spacial score (nSPS) is 10.7. The minimum atomic E-state index is -0.628. The van der Waals surface area contributed by atoms with Crippen LogP contribution in [0.3, 0.4) is 0 Å². The molecule has 3 rings (SSSR count). The Labute approximate surface area is 131 Å². The van der Waals surface area contributed by atoms with Crippen LogP contribution in [0.2, 0.25) is 0 Å². The number of nitrogens with zero attached hydrogens (tertiary/aromatic N) is 3. The lowest BCUT2D eigenvalue weighted by molar-refractivity contribution is 0.0956. The van der Waals surface area contributed by atoms with E-state index in [0.717, 1.165) is 11.1 Å². The summed E-state index contributed by atoms with van der Waals surface area (Å²) in [6.07, 6.45) is 4.68. The molecule has 0 bridgehead atoms. The van der Waals surface area contributed by atoms with E-state index in [2.05, 4.69) is 15.4 Å². The van der Waals surface area contributed by atoms with Gasteiger partial charge >= 0.3 is 0 Å². The number of primary amides is 1. The third-order valence-corrected chi connectivity index (χ3v) is 3.50. The lowest BCUT2D eigenvalue weighted by Gasteiger charge is -2.02. The Kier molecular flexibility index (Phi) is 3.41. The smallest absolute Gasteiger partial charge is 0.269 e. The van der Waals surface area contributed by atoms with Crippen molar-refractivity contribution < 1.29 is 9.59 Å². The Morgan fingerprint density at radius 3 is 2.61 bits per heavy atom. The highest BCUT2D eigenvalue weighted by molar-refractivity contribution is 6.01. The van der Waals surface area contributed by atoms with Gasteiger partial charge in [0.05, 0.1) is 23.0 Å². The van der Waals surface area contributed by atoms with Crippen LogP contribution < -0.4 is 16.8 Å². The van der Waals surface area contributed by atoms with Gasteiger partial charge in [0.15, 0.2) is 0 Å². The molecule has 8 heteroatoms. The van der Waals surface area contributed by atoms with Crippen molar-refractivity contribution >= 4 is 23.0 Å². The zero-order valence-electron chi connectivity index (χ0n) is 12.3. The van der Waals surface area contributed by atoms with E-state index >= 15 is 0 Å². The van der Waals surface area contributed by atoms with E-state index < -0.39 is 5.91 Å². The molecule has 0 aromatic carbocycles. The fourth-order valence-electron chi connectivity index (χ4n) is 2.26. The molecule has 0 radical (unpaired) electrons. The Morgan fingerprint density at radius 2 is 2.00 bits per heavy atom. The molecule has 0 unspecified atom stereocenters. The first-order valence-corrected chi connectivity index (χ1v) is 6.76. The van der Waals surface area contributed by atoms with Crippen molar-refractivity contribution in [3.8, 4) is 11.1 Å². The first-order chi connectivity index (χ1) is 11.0. The maximum atomic E-state index is 11.5. The number of nitrogen functional groups attached to an aromatic ring is 1. The van der Waals surface area contributed by atoms with Crippen molar-refractivity contribution in [2.45, 2.75) is 0 Å². The SMILES string of the molecule is CNC(=O)c1ccc(-c2cc3c(N)c(C(N)=O)cnn3c2)cn1. The van der Waals surface area contributed by atoms with Gasteiger partial charge < -0.3 is 16.8 Å². The maximum Gasteiger partial charge on any atom is 0.269 e. The molecule has 0 atom stereocenters. The van der Waals surface area contributed by atoms with Gasteiger partial charge in [0.1, 0.15) is 5.69 Å². The van der Waals surface area contributed by atoms with Gasteiger partial charge in [0.2, 0.25) is 0 Å². The molecule has 2 amide bonds. The summed E-state index contributed by atoms with van der Waals surface area (Å²) in [5, 5.41) is 6.63. The van der Waals surface area contributed by atoms with Crippen molar-refractivity contribution in [2.24, 2.45) is 5.73 Å². The zero-order valence-corrected chi connectivity index (χ0v) is 12.3. The van der Waals surface area contributed by atoms with Crippen molar-refractivity contribution in [3.05, 3.63) is 48.0 Å². The van der Waals surface area contributed by atoms with E-state index in [4.69, 9.17) is 11.5 Å². The van der Waals surface area contributed by atoms with Gasteiger partial charge in [-0.2, -0.15) is 5.10 Å². The van der Waals surface area contributed by atoms with Crippen LogP contribution in [0.4, 0.5) is 5.69 Å². The Bertz CT molecular complexity index is 914. The van der Waals surface area contributed by atoms with E-state index in [9.17, 15) is 9.59 Å². The molecule has 3 aromatic heterocycles. The predicted molar refractivity (Wildman–Crippen MR) is 84.7 cm³/mol. The number of fused-ring (bicyclic) bond motifs is 1. The summed E-state index contributed by atoms with van der Waals surface area (Å²) in [6, 6.07) is 5.19. The average molecular weight is 310 g/mol. The molecular weight excluding hydrogens is 296 g/mol. The number of anilines is 1. The van der Waals surface area contributed by atoms with Gasteiger partial charge in [0.25, 0.3) is 11.8 Å². The monoisotopic (exact) mass is 310 g/mol. The third kappa shape index (κ3) is 2.46. The second-order valence-corrected chi connectivity index (χ2v) is 4.91. The Hall–Kier alpha value is -3.42. The first kappa shape index (κ1) is 14.5. The number of nitrogens with two attached hydrogens (primary N) is 2. The van der Waals surface area contributed by atoms with Crippen molar-refractivity contribution in [3.63, 3.8) is 0 Å². The molecule has 3 aromatic rings. The quantitative estimate of drug-likeness (QED) is 0.646. The Morgan fingerprint density at radius 1 is 1.22 bits per heavy atom. The highest BCUT2D eigenvalue weighted by Crippen LogP contribution is 2.26. The summed E-state index contributed by atoms with van der Waals surface area (Å²) in [5.41, 5.74) is 14.2. The summed E-state index contributed by atoms with van der Waals surface area (Å²) in [4.78, 5) is 26.9. The summed E-state index contributed by atoms with van der Waals surface area (Å²) in [6.45, 7) is 0. The van der Waals surface area contributed by atoms with Crippen LogP contribution in [0, 0.1) is 0 Å². The van der Waals surface area contributed by atoms with Gasteiger partial charge in [-0.25, -0.2) is 4.52 Å². The molecule has 3 heterocycles. The van der Waals surface area contributed by atoms with Crippen LogP contribution >= 0.6 is 0 Å². The number of hydrogen-bond donors (Lipinski definition) is 3. The number of pyridine rings is 1. The van der Waals surface area contributed by atoms with Crippen LogP contribution in [0.1, 0.15) is 20.8 Å². The van der Waals surface area contributed by atoms with Gasteiger partial charge in [-0.3, -0.25) is 14.6 Å². The van der Waals surface area contributed by atoms with Gasteiger partial charge in [-0.1, -0.05) is 6.07 Å². The predicted octanol–water partition coefficient (Wildman–Crippen LogP) is 0.437. The molecule has 0 spiro atoms. The summed E-state index contributed by atoms with van der Waals surface area (Å²) >= 11 is 0. The van der Waals surface area contributed by atoms with Gasteiger partial charge in [-0.15, -0.1) is 0 Å². The van der Waals surface area contributed by atoms with Gasteiger partial charge in [-0.05, 0) is 12.1 Å². The van der Waals surface area contributed by atoms with Crippen LogP contribution in [0.25, 0.3) is 16.6 Å². The zero-order chi connectivity index (χ0) is 16.6. The summed E-state index contributed by atoms with van der Waals surface area (Å²) in [7, 11) is 1.54. The fourth-order valence-corrected chi connectivity index (χ4v) is 2.26. The molecule has 0 aliphatic rings. The second-order valence-electron chi connectivity index (χ2n) is 4.91. The van der Waals surface area contributed by atoms with Crippen LogP contribution in [0.15, 0.2) is 36.8 Å². The van der Waals surface area contributed by atoms with Crippen molar-refractivity contribution in [1.82, 2.24) is 19.9 Å². The van der Waals surface area contributed by atoms with Crippen molar-refractivity contribution in [2.75, 3.05) is 12.8 Å². The molecule has 0 aliphatic carbocycles. The molecule has 116 valence electrons. The molecule has 5 N–H and O–H groups in total. The molecule has 23 heavy (non-hydrogen) atoms. The number of nitrogens with one attached hydrogen (secondary N) is 1. The highest BCUT2D eigenvalue weighted by Gasteiger charge is 2.13. The minimum Gasteiger partial charge on any atom is -0.396 e. The average Bonchev–Trinajstić information content (AvgIpc) is 2.99. The number of rotatable bonds is 3. The topological polar surface area (TPSA) is 128 Å². The lowest BCUT2D eigenvalue weighted by atomic mass is 10.1. The highest BCUT2D eigenvalue weighted by atomic mass is 16.2. The molecule has 0 fully saturated rings. The number of carbonyl (C=O) groups is 2. The maximum absolute atomic E-state index is 11.5. The summed E-state index contributed by atoms with van der Waals surface area (Å²) < 4.78 is 1.56. The summed E-state index contributed by atoms with van der Waals surface area (Å²) in [5.74, 6) is -0.882. The van der Waals surface area contributed by atoms with E-state index in [1.807, 2.05) is 0 Å². The standard InChI is InChI=1S/C15H14N6O2/c1-18-15(23)11-3-2-8(5-19-11)9-4-12-13(16)10(14(17)22)6-20-21(12)7-9/h2-7H,16H2,1H3,(H2,17,22)(H,18,23). The van der Waals surface area contributed by atoms with E-state index in [0.29, 0.717) is 11.2 Å². The van der Waals surface area contributed by atoms with Gasteiger partial charge in [0, 0.05) is 30.6 Å². The number of carbonyl (C=O) groups excluding carboxylic acids is 2. The van der Waals surface area contributed by atoms with Crippen LogP contribution in [0.5, 0.6) is 0 Å². The molecule has 0 saturated carbocycles. The van der Waals surface area contributed by atoms with E-state index in [1.165, 1.54) is 6.20 Å². The number of amides is 2. The largest absolute Gasteiger partial charge is 0.396 e. The molecular formula is C15H14N6O2. The molecule has 8 nitrogen and oxygen atoms in total. The lowest BCUT2D eigenvalue weighted by Crippen LogP contribution is -2.18. The van der Waals surface area contributed by atoms with E-state index in [1.54, 1.807) is 42.2 Å². The Balaban J connectivity index is 2.05. The molecule has 0 aliphatic heterocycles. The third-order valence-electron chi connectivity index (χ3n) is 3.50. The second kappa shape index (κ2) is 5.41. The van der Waals surface area contributed by atoms with E-state index in [-0.39, 0.29) is 17.2 Å². The van der Waals surface area contributed by atoms with Crippen molar-refractivity contribution in [1.29, 1.82) is 0 Å². The number of aromatic nitrogens is 3. The first-order valence-electron chi connectivity index (χ1n) is 6.76. The fraction of sp³-hybridized carbons (Fsp3) is 0.0667. The van der Waals surface area contributed by atoms with Crippen LogP contribution in [-0.2, 0) is 0 Å². The number of hydrogen-bond acceptors (Lipinski definition) is 5. The minimum absolute atomic E-state index is 0.176. The molecule has 0 saturated heterocycles.